The van der Waals surface area contributed by atoms with Crippen LogP contribution in [-0.4, -0.2) is 23.1 Å². The lowest BCUT2D eigenvalue weighted by atomic mass is 10.1. The molecule has 2 amide bonds. The summed E-state index contributed by atoms with van der Waals surface area (Å²) in [5, 5.41) is 3.05. The molecule has 0 saturated carbocycles. The predicted octanol–water partition coefficient (Wildman–Crippen LogP) is 3.96. The molecule has 0 aliphatic rings. The molecule has 7 heteroatoms. The molecule has 0 aliphatic carbocycles. The molecule has 1 aromatic heterocycles. The molecule has 1 heterocycles. The zero-order chi connectivity index (χ0) is 17.8. The van der Waals surface area contributed by atoms with E-state index < -0.39 is 6.03 Å². The molecule has 6 nitrogen and oxygen atoms in total. The van der Waals surface area contributed by atoms with Gasteiger partial charge in [-0.15, -0.1) is 0 Å². The normalized spacial score (nSPS) is 10.3. The van der Waals surface area contributed by atoms with Gasteiger partial charge in [0.2, 0.25) is 5.95 Å². The number of carbonyl (C=O) groups excluding carboxylic acids is 1. The molecule has 3 N–H and O–H groups in total. The second-order valence-corrected chi connectivity index (χ2v) is 5.62. The van der Waals surface area contributed by atoms with Gasteiger partial charge in [0.15, 0.2) is 0 Å². The van der Waals surface area contributed by atoms with Gasteiger partial charge in [-0.3, -0.25) is 5.32 Å². The highest BCUT2D eigenvalue weighted by Crippen LogP contribution is 2.27. The van der Waals surface area contributed by atoms with Crippen molar-refractivity contribution in [2.75, 3.05) is 12.4 Å². The number of nitrogens with zero attached hydrogens (tertiary/aromatic N) is 2. The molecule has 126 valence electrons. The van der Waals surface area contributed by atoms with Crippen molar-refractivity contribution in [3.8, 4) is 28.3 Å². The van der Waals surface area contributed by atoms with Crippen LogP contribution >= 0.6 is 11.6 Å². The average molecular weight is 355 g/mol. The molecule has 0 bridgehead atoms. The van der Waals surface area contributed by atoms with Crippen molar-refractivity contribution in [3.63, 3.8) is 0 Å². The van der Waals surface area contributed by atoms with Crippen molar-refractivity contribution in [3.05, 3.63) is 59.6 Å². The van der Waals surface area contributed by atoms with Crippen LogP contribution in [0.4, 0.5) is 10.7 Å². The minimum atomic E-state index is -0.728. The maximum atomic E-state index is 11.2. The molecule has 25 heavy (non-hydrogen) atoms. The first kappa shape index (κ1) is 16.7. The fraction of sp³-hybridized carbons (Fsp3) is 0.0556. The second kappa shape index (κ2) is 7.19. The number of nitrogens with one attached hydrogen (secondary N) is 1. The van der Waals surface area contributed by atoms with Crippen molar-refractivity contribution < 1.29 is 9.53 Å². The standard InChI is InChI=1S/C18H15ClN4O2/c1-25-14-8-4-12(5-9-14)16-10-15(11-2-6-13(19)7-3-11)21-18(22-16)23-17(20)24/h2-10H,1H3,(H3,20,21,22,23,24). The molecule has 0 unspecified atom stereocenters. The molecule has 2 aromatic carbocycles. The lowest BCUT2D eigenvalue weighted by molar-refractivity contribution is 0.259. The van der Waals surface area contributed by atoms with E-state index in [1.54, 1.807) is 19.2 Å². The summed E-state index contributed by atoms with van der Waals surface area (Å²) in [7, 11) is 1.60. The van der Waals surface area contributed by atoms with E-state index in [-0.39, 0.29) is 5.95 Å². The fourth-order valence-corrected chi connectivity index (χ4v) is 2.42. The van der Waals surface area contributed by atoms with Crippen LogP contribution in [0.5, 0.6) is 5.75 Å². The number of hydrogen-bond donors (Lipinski definition) is 2. The van der Waals surface area contributed by atoms with E-state index in [1.807, 2.05) is 42.5 Å². The van der Waals surface area contributed by atoms with E-state index in [4.69, 9.17) is 22.1 Å². The monoisotopic (exact) mass is 354 g/mol. The number of carbonyl (C=O) groups is 1. The fourth-order valence-electron chi connectivity index (χ4n) is 2.29. The Labute approximate surface area is 149 Å². The third-order valence-electron chi connectivity index (χ3n) is 3.49. The molecule has 0 spiro atoms. The summed E-state index contributed by atoms with van der Waals surface area (Å²) in [6.07, 6.45) is 0. The molecule has 0 fully saturated rings. The molecule has 0 radical (unpaired) electrons. The zero-order valence-corrected chi connectivity index (χ0v) is 14.1. The van der Waals surface area contributed by atoms with E-state index in [2.05, 4.69) is 15.3 Å². The number of halogens is 1. The van der Waals surface area contributed by atoms with Gasteiger partial charge in [-0.2, -0.15) is 0 Å². The summed E-state index contributed by atoms with van der Waals surface area (Å²) in [6, 6.07) is 15.8. The number of aromatic nitrogens is 2. The predicted molar refractivity (Wildman–Crippen MR) is 97.7 cm³/mol. The number of nitrogens with two attached hydrogens (primary N) is 1. The van der Waals surface area contributed by atoms with Gasteiger partial charge in [0, 0.05) is 16.1 Å². The Kier molecular flexibility index (Phi) is 4.81. The van der Waals surface area contributed by atoms with E-state index in [9.17, 15) is 4.79 Å². The van der Waals surface area contributed by atoms with Crippen molar-refractivity contribution in [2.45, 2.75) is 0 Å². The third kappa shape index (κ3) is 4.05. The maximum absolute atomic E-state index is 11.2. The minimum Gasteiger partial charge on any atom is -0.497 e. The lowest BCUT2D eigenvalue weighted by Crippen LogP contribution is -2.21. The van der Waals surface area contributed by atoms with Crippen LogP contribution in [0, 0.1) is 0 Å². The number of primary amides is 1. The number of amides is 2. The zero-order valence-electron chi connectivity index (χ0n) is 13.4. The van der Waals surface area contributed by atoms with Crippen LogP contribution in [-0.2, 0) is 0 Å². The molecule has 0 aliphatic heterocycles. The molecule has 0 atom stereocenters. The maximum Gasteiger partial charge on any atom is 0.319 e. The van der Waals surface area contributed by atoms with Gasteiger partial charge in [-0.25, -0.2) is 14.8 Å². The number of anilines is 1. The quantitative estimate of drug-likeness (QED) is 0.741. The van der Waals surface area contributed by atoms with Crippen LogP contribution in [0.15, 0.2) is 54.6 Å². The van der Waals surface area contributed by atoms with Crippen molar-refractivity contribution in [1.82, 2.24) is 9.97 Å². The van der Waals surface area contributed by atoms with E-state index in [1.165, 1.54) is 0 Å². The van der Waals surface area contributed by atoms with Gasteiger partial charge in [-0.1, -0.05) is 23.7 Å². The Morgan fingerprint density at radius 1 is 1.00 bits per heavy atom. The lowest BCUT2D eigenvalue weighted by Gasteiger charge is -2.09. The number of benzene rings is 2. The van der Waals surface area contributed by atoms with Crippen LogP contribution in [0.1, 0.15) is 0 Å². The second-order valence-electron chi connectivity index (χ2n) is 5.19. The Hall–Kier alpha value is -3.12. The SMILES string of the molecule is COc1ccc(-c2cc(-c3ccc(Cl)cc3)nc(NC(N)=O)n2)cc1. The first-order valence-electron chi connectivity index (χ1n) is 7.41. The number of ether oxygens (including phenoxy) is 1. The Bertz CT molecular complexity index is 896. The number of methoxy groups -OCH3 is 1. The van der Waals surface area contributed by atoms with Crippen molar-refractivity contribution in [2.24, 2.45) is 5.73 Å². The van der Waals surface area contributed by atoms with E-state index in [0.717, 1.165) is 16.9 Å². The number of hydrogen-bond acceptors (Lipinski definition) is 4. The smallest absolute Gasteiger partial charge is 0.319 e. The summed E-state index contributed by atoms with van der Waals surface area (Å²) in [5.74, 6) is 0.872. The Balaban J connectivity index is 2.08. The van der Waals surface area contributed by atoms with E-state index in [0.29, 0.717) is 16.4 Å². The van der Waals surface area contributed by atoms with Crippen LogP contribution in [0.2, 0.25) is 5.02 Å². The summed E-state index contributed by atoms with van der Waals surface area (Å²) in [6.45, 7) is 0. The highest BCUT2D eigenvalue weighted by atomic mass is 35.5. The van der Waals surface area contributed by atoms with Crippen LogP contribution < -0.4 is 15.8 Å². The number of rotatable bonds is 4. The first-order chi connectivity index (χ1) is 12.0. The highest BCUT2D eigenvalue weighted by Gasteiger charge is 2.10. The largest absolute Gasteiger partial charge is 0.497 e. The topological polar surface area (TPSA) is 90.1 Å². The average Bonchev–Trinajstić information content (AvgIpc) is 2.61. The summed E-state index contributed by atoms with van der Waals surface area (Å²) < 4.78 is 5.17. The van der Waals surface area contributed by atoms with Crippen molar-refractivity contribution in [1.29, 1.82) is 0 Å². The minimum absolute atomic E-state index is 0.130. The highest BCUT2D eigenvalue weighted by molar-refractivity contribution is 6.30. The van der Waals surface area contributed by atoms with Crippen molar-refractivity contribution >= 4 is 23.6 Å². The first-order valence-corrected chi connectivity index (χ1v) is 7.79. The van der Waals surface area contributed by atoms with Gasteiger partial charge < -0.3 is 10.5 Å². The molecular weight excluding hydrogens is 340 g/mol. The van der Waals surface area contributed by atoms with Crippen LogP contribution in [0.3, 0.4) is 0 Å². The van der Waals surface area contributed by atoms with E-state index >= 15 is 0 Å². The van der Waals surface area contributed by atoms with Gasteiger partial charge in [0.25, 0.3) is 0 Å². The Morgan fingerprint density at radius 3 is 2.00 bits per heavy atom. The molecule has 0 saturated heterocycles. The summed E-state index contributed by atoms with van der Waals surface area (Å²) in [4.78, 5) is 19.9. The third-order valence-corrected chi connectivity index (χ3v) is 3.74. The van der Waals surface area contributed by atoms with Gasteiger partial charge in [-0.05, 0) is 42.5 Å². The molecule has 3 aromatic rings. The van der Waals surface area contributed by atoms with Crippen LogP contribution in [0.25, 0.3) is 22.5 Å². The number of urea groups is 1. The summed E-state index contributed by atoms with van der Waals surface area (Å²) in [5.41, 5.74) is 8.17. The molecular formula is C18H15ClN4O2. The summed E-state index contributed by atoms with van der Waals surface area (Å²) >= 11 is 5.94. The van der Waals surface area contributed by atoms with Gasteiger partial charge in [0.1, 0.15) is 5.75 Å². The van der Waals surface area contributed by atoms with Gasteiger partial charge >= 0.3 is 6.03 Å². The molecule has 3 rings (SSSR count). The van der Waals surface area contributed by atoms with Gasteiger partial charge in [0.05, 0.1) is 18.5 Å². The Morgan fingerprint density at radius 2 is 1.52 bits per heavy atom.